The van der Waals surface area contributed by atoms with Crippen molar-refractivity contribution in [2.45, 2.75) is 13.8 Å². The minimum Gasteiger partial charge on any atom is -0.491 e. The summed E-state index contributed by atoms with van der Waals surface area (Å²) in [5, 5.41) is 0. The third kappa shape index (κ3) is 3.46. The van der Waals surface area contributed by atoms with Gasteiger partial charge in [-0.2, -0.15) is 0 Å². The van der Waals surface area contributed by atoms with E-state index in [0.29, 0.717) is 37.6 Å². The minimum absolute atomic E-state index is 0.00243. The Morgan fingerprint density at radius 3 is 2.53 bits per heavy atom. The summed E-state index contributed by atoms with van der Waals surface area (Å²) in [6, 6.07) is 7.27. The first-order valence-corrected chi connectivity index (χ1v) is 5.95. The highest BCUT2D eigenvalue weighted by Crippen LogP contribution is 2.19. The van der Waals surface area contributed by atoms with Crippen LogP contribution in [0.25, 0.3) is 0 Å². The molecular formula is C13H20N2O2. The Balaban J connectivity index is 2.91. The molecule has 0 aliphatic carbocycles. The molecule has 4 nitrogen and oxygen atoms in total. The first-order valence-electron chi connectivity index (χ1n) is 5.95. The van der Waals surface area contributed by atoms with Gasteiger partial charge in [0.1, 0.15) is 12.4 Å². The summed E-state index contributed by atoms with van der Waals surface area (Å²) in [5.74, 6) is 0.609. The van der Waals surface area contributed by atoms with E-state index >= 15 is 0 Å². The normalized spacial score (nSPS) is 10.1. The molecule has 0 atom stereocenters. The van der Waals surface area contributed by atoms with E-state index in [0.717, 1.165) is 0 Å². The molecule has 1 aromatic carbocycles. The highest BCUT2D eigenvalue weighted by atomic mass is 16.5. The average Bonchev–Trinajstić information content (AvgIpc) is 2.38. The molecular weight excluding hydrogens is 216 g/mol. The molecule has 0 bridgehead atoms. The van der Waals surface area contributed by atoms with Gasteiger partial charge in [0.15, 0.2) is 0 Å². The highest BCUT2D eigenvalue weighted by molar-refractivity contribution is 5.96. The molecule has 0 aliphatic heterocycles. The molecule has 94 valence electrons. The molecule has 0 saturated carbocycles. The van der Waals surface area contributed by atoms with Crippen molar-refractivity contribution in [2.24, 2.45) is 5.73 Å². The molecule has 2 N–H and O–H groups in total. The molecule has 0 heterocycles. The molecule has 0 fully saturated rings. The molecule has 1 aromatic rings. The van der Waals surface area contributed by atoms with E-state index in [2.05, 4.69) is 0 Å². The van der Waals surface area contributed by atoms with Gasteiger partial charge in [0.2, 0.25) is 0 Å². The summed E-state index contributed by atoms with van der Waals surface area (Å²) in [6.45, 7) is 6.17. The van der Waals surface area contributed by atoms with E-state index in [1.54, 1.807) is 17.0 Å². The predicted molar refractivity (Wildman–Crippen MR) is 68.2 cm³/mol. The van der Waals surface area contributed by atoms with Crippen molar-refractivity contribution in [1.82, 2.24) is 4.90 Å². The second kappa shape index (κ2) is 6.91. The maximum Gasteiger partial charge on any atom is 0.257 e. The van der Waals surface area contributed by atoms with Crippen LogP contribution in [0.3, 0.4) is 0 Å². The topological polar surface area (TPSA) is 55.6 Å². The van der Waals surface area contributed by atoms with E-state index < -0.39 is 0 Å². The Bertz CT molecular complexity index is 362. The number of benzene rings is 1. The Hall–Kier alpha value is -1.55. The van der Waals surface area contributed by atoms with Crippen molar-refractivity contribution >= 4 is 5.91 Å². The van der Waals surface area contributed by atoms with Crippen LogP contribution in [-0.4, -0.2) is 37.0 Å². The molecule has 0 aromatic heterocycles. The standard InChI is InChI=1S/C13H20N2O2/c1-3-15(4-2)13(16)11-7-5-6-8-12(11)17-10-9-14/h5-8H,3-4,9-10,14H2,1-2H3. The van der Waals surface area contributed by atoms with Gasteiger partial charge >= 0.3 is 0 Å². The average molecular weight is 236 g/mol. The van der Waals surface area contributed by atoms with Gasteiger partial charge in [0.05, 0.1) is 5.56 Å². The lowest BCUT2D eigenvalue weighted by atomic mass is 10.1. The first kappa shape index (κ1) is 13.5. The number of carbonyl (C=O) groups is 1. The Morgan fingerprint density at radius 1 is 1.29 bits per heavy atom. The summed E-state index contributed by atoms with van der Waals surface area (Å²) < 4.78 is 5.47. The third-order valence-electron chi connectivity index (χ3n) is 2.54. The third-order valence-corrected chi connectivity index (χ3v) is 2.54. The smallest absolute Gasteiger partial charge is 0.257 e. The summed E-state index contributed by atoms with van der Waals surface area (Å²) in [7, 11) is 0. The number of hydrogen-bond donors (Lipinski definition) is 1. The van der Waals surface area contributed by atoms with Crippen LogP contribution in [0.2, 0.25) is 0 Å². The zero-order valence-electron chi connectivity index (χ0n) is 10.5. The van der Waals surface area contributed by atoms with Crippen LogP contribution >= 0.6 is 0 Å². The maximum absolute atomic E-state index is 12.2. The van der Waals surface area contributed by atoms with E-state index in [1.165, 1.54) is 0 Å². The molecule has 0 unspecified atom stereocenters. The van der Waals surface area contributed by atoms with Gasteiger partial charge in [-0.1, -0.05) is 12.1 Å². The van der Waals surface area contributed by atoms with Crippen LogP contribution < -0.4 is 10.5 Å². The second-order valence-electron chi connectivity index (χ2n) is 3.61. The number of rotatable bonds is 6. The molecule has 1 amide bonds. The Morgan fingerprint density at radius 2 is 1.94 bits per heavy atom. The van der Waals surface area contributed by atoms with Gasteiger partial charge < -0.3 is 15.4 Å². The van der Waals surface area contributed by atoms with Crippen LogP contribution in [0, 0.1) is 0 Å². The van der Waals surface area contributed by atoms with Crippen LogP contribution in [-0.2, 0) is 0 Å². The van der Waals surface area contributed by atoms with Crippen LogP contribution in [0.1, 0.15) is 24.2 Å². The summed E-state index contributed by atoms with van der Waals surface area (Å²) in [6.07, 6.45) is 0. The predicted octanol–water partition coefficient (Wildman–Crippen LogP) is 1.51. The van der Waals surface area contributed by atoms with Crippen LogP contribution in [0.4, 0.5) is 0 Å². The fourth-order valence-electron chi connectivity index (χ4n) is 1.62. The number of nitrogens with two attached hydrogens (primary N) is 1. The number of nitrogens with zero attached hydrogens (tertiary/aromatic N) is 1. The van der Waals surface area contributed by atoms with Crippen molar-refractivity contribution in [2.75, 3.05) is 26.2 Å². The Kier molecular flexibility index (Phi) is 5.49. The van der Waals surface area contributed by atoms with E-state index in [1.807, 2.05) is 26.0 Å². The van der Waals surface area contributed by atoms with Gasteiger partial charge in [-0.05, 0) is 26.0 Å². The van der Waals surface area contributed by atoms with Crippen molar-refractivity contribution in [1.29, 1.82) is 0 Å². The lowest BCUT2D eigenvalue weighted by Crippen LogP contribution is -2.30. The number of carbonyl (C=O) groups excluding carboxylic acids is 1. The van der Waals surface area contributed by atoms with E-state index in [9.17, 15) is 4.79 Å². The van der Waals surface area contributed by atoms with E-state index in [4.69, 9.17) is 10.5 Å². The first-order chi connectivity index (χ1) is 8.24. The highest BCUT2D eigenvalue weighted by Gasteiger charge is 2.16. The maximum atomic E-state index is 12.2. The molecule has 1 rings (SSSR count). The number of ether oxygens (including phenoxy) is 1. The Labute approximate surface area is 102 Å². The zero-order valence-corrected chi connectivity index (χ0v) is 10.5. The largest absolute Gasteiger partial charge is 0.491 e. The molecule has 17 heavy (non-hydrogen) atoms. The lowest BCUT2D eigenvalue weighted by molar-refractivity contribution is 0.0768. The second-order valence-corrected chi connectivity index (χ2v) is 3.61. The quantitative estimate of drug-likeness (QED) is 0.814. The summed E-state index contributed by atoms with van der Waals surface area (Å²) in [5.41, 5.74) is 6.00. The monoisotopic (exact) mass is 236 g/mol. The number of hydrogen-bond acceptors (Lipinski definition) is 3. The van der Waals surface area contributed by atoms with Gasteiger partial charge in [0.25, 0.3) is 5.91 Å². The van der Waals surface area contributed by atoms with Crippen molar-refractivity contribution in [3.63, 3.8) is 0 Å². The molecule has 0 saturated heterocycles. The minimum atomic E-state index is 0.00243. The fraction of sp³-hybridized carbons (Fsp3) is 0.462. The summed E-state index contributed by atoms with van der Waals surface area (Å²) >= 11 is 0. The van der Waals surface area contributed by atoms with Gasteiger partial charge in [0, 0.05) is 19.6 Å². The molecule has 4 heteroatoms. The SMILES string of the molecule is CCN(CC)C(=O)c1ccccc1OCCN. The molecule has 0 aliphatic rings. The zero-order chi connectivity index (χ0) is 12.7. The van der Waals surface area contributed by atoms with Crippen LogP contribution in [0.5, 0.6) is 5.75 Å². The number of para-hydroxylation sites is 1. The van der Waals surface area contributed by atoms with Gasteiger partial charge in [-0.25, -0.2) is 0 Å². The van der Waals surface area contributed by atoms with Gasteiger partial charge in [-0.15, -0.1) is 0 Å². The van der Waals surface area contributed by atoms with Crippen LogP contribution in [0.15, 0.2) is 24.3 Å². The van der Waals surface area contributed by atoms with Crippen molar-refractivity contribution in [3.8, 4) is 5.75 Å². The molecule has 0 spiro atoms. The van der Waals surface area contributed by atoms with Gasteiger partial charge in [-0.3, -0.25) is 4.79 Å². The lowest BCUT2D eigenvalue weighted by Gasteiger charge is -2.20. The molecule has 0 radical (unpaired) electrons. The van der Waals surface area contributed by atoms with E-state index in [-0.39, 0.29) is 5.91 Å². The van der Waals surface area contributed by atoms with Crippen molar-refractivity contribution in [3.05, 3.63) is 29.8 Å². The summed E-state index contributed by atoms with van der Waals surface area (Å²) in [4.78, 5) is 14.0. The fourth-order valence-corrected chi connectivity index (χ4v) is 1.62. The van der Waals surface area contributed by atoms with Crippen molar-refractivity contribution < 1.29 is 9.53 Å². The number of amides is 1.